The van der Waals surface area contributed by atoms with Crippen LogP contribution in [0.5, 0.6) is 0 Å². The molecule has 2 fully saturated rings. The third-order valence-corrected chi connectivity index (χ3v) is 3.35. The topological polar surface area (TPSA) is 46.1 Å². The molecular formula is C12H17N3O. The Balaban J connectivity index is 1.70. The van der Waals surface area contributed by atoms with Crippen LogP contribution in [0, 0.1) is 0 Å². The van der Waals surface area contributed by atoms with Crippen LogP contribution in [0.2, 0.25) is 0 Å². The van der Waals surface area contributed by atoms with E-state index in [2.05, 4.69) is 15.2 Å². The number of hydrogen-bond donors (Lipinski definition) is 2. The van der Waals surface area contributed by atoms with Gasteiger partial charge in [-0.2, -0.15) is 0 Å². The molecule has 4 nitrogen and oxygen atoms in total. The number of amides is 1. The first-order valence-corrected chi connectivity index (χ1v) is 6.03. The van der Waals surface area contributed by atoms with Gasteiger partial charge in [-0.25, -0.2) is 0 Å². The molecule has 1 saturated carbocycles. The second-order valence-corrected chi connectivity index (χ2v) is 4.70. The second-order valence-electron chi connectivity index (χ2n) is 4.70. The lowest BCUT2D eigenvalue weighted by molar-refractivity contribution is 0.0930. The van der Waals surface area contributed by atoms with Crippen molar-refractivity contribution in [2.45, 2.75) is 31.3 Å². The Labute approximate surface area is 95.0 Å². The van der Waals surface area contributed by atoms with Crippen LogP contribution in [0.1, 0.15) is 35.8 Å². The van der Waals surface area contributed by atoms with Gasteiger partial charge in [-0.1, -0.05) is 0 Å². The Morgan fingerprint density at radius 3 is 3.00 bits per heavy atom. The molecule has 1 aromatic rings. The average Bonchev–Trinajstić information content (AvgIpc) is 2.82. The fourth-order valence-electron chi connectivity index (χ4n) is 2.29. The summed E-state index contributed by atoms with van der Waals surface area (Å²) in [6.45, 7) is 1.91. The molecule has 3 rings (SSSR count). The Bertz CT molecular complexity index is 389. The molecule has 1 amide bonds. The first kappa shape index (κ1) is 9.90. The van der Waals surface area contributed by atoms with E-state index in [1.807, 2.05) is 18.3 Å². The number of carbonyl (C=O) groups is 1. The fourth-order valence-corrected chi connectivity index (χ4v) is 2.29. The molecule has 1 aromatic heterocycles. The van der Waals surface area contributed by atoms with E-state index in [1.54, 1.807) is 0 Å². The molecule has 2 N–H and O–H groups in total. The van der Waals surface area contributed by atoms with Crippen LogP contribution in [0.3, 0.4) is 0 Å². The molecule has 4 heteroatoms. The molecule has 2 aliphatic rings. The SMILES string of the molecule is O=C(NC1CCNC1)c1cccn1C1CC1. The molecule has 86 valence electrons. The first-order valence-electron chi connectivity index (χ1n) is 6.03. The van der Waals surface area contributed by atoms with E-state index in [4.69, 9.17) is 0 Å². The van der Waals surface area contributed by atoms with E-state index in [9.17, 15) is 4.79 Å². The molecule has 1 atom stereocenters. The largest absolute Gasteiger partial charge is 0.347 e. The summed E-state index contributed by atoms with van der Waals surface area (Å²) in [6, 6.07) is 4.74. The zero-order valence-corrected chi connectivity index (χ0v) is 9.28. The smallest absolute Gasteiger partial charge is 0.268 e. The van der Waals surface area contributed by atoms with E-state index in [-0.39, 0.29) is 5.91 Å². The number of rotatable bonds is 3. The zero-order valence-electron chi connectivity index (χ0n) is 9.28. The van der Waals surface area contributed by atoms with Crippen LogP contribution in [0.25, 0.3) is 0 Å². The number of nitrogens with zero attached hydrogens (tertiary/aromatic N) is 1. The molecule has 0 aromatic carbocycles. The van der Waals surface area contributed by atoms with Crippen LogP contribution < -0.4 is 10.6 Å². The highest BCUT2D eigenvalue weighted by atomic mass is 16.2. The minimum atomic E-state index is 0.0746. The van der Waals surface area contributed by atoms with Gasteiger partial charge in [0, 0.05) is 24.8 Å². The predicted octanol–water partition coefficient (Wildman–Crippen LogP) is 0.915. The lowest BCUT2D eigenvalue weighted by Gasteiger charge is -2.13. The minimum Gasteiger partial charge on any atom is -0.347 e. The van der Waals surface area contributed by atoms with Gasteiger partial charge in [-0.15, -0.1) is 0 Å². The highest BCUT2D eigenvalue weighted by Gasteiger charge is 2.27. The maximum absolute atomic E-state index is 12.1. The molecule has 16 heavy (non-hydrogen) atoms. The maximum atomic E-state index is 12.1. The van der Waals surface area contributed by atoms with Gasteiger partial charge in [-0.05, 0) is 37.9 Å². The third-order valence-electron chi connectivity index (χ3n) is 3.35. The molecule has 0 spiro atoms. The second kappa shape index (κ2) is 3.94. The number of carbonyl (C=O) groups excluding carboxylic acids is 1. The predicted molar refractivity (Wildman–Crippen MR) is 61.4 cm³/mol. The molecule has 0 radical (unpaired) electrons. The summed E-state index contributed by atoms with van der Waals surface area (Å²) < 4.78 is 2.11. The van der Waals surface area contributed by atoms with Crippen molar-refractivity contribution in [3.63, 3.8) is 0 Å². The van der Waals surface area contributed by atoms with Crippen LogP contribution in [-0.2, 0) is 0 Å². The Morgan fingerprint density at radius 2 is 2.31 bits per heavy atom. The minimum absolute atomic E-state index is 0.0746. The normalized spacial score (nSPS) is 24.6. The average molecular weight is 219 g/mol. The Morgan fingerprint density at radius 1 is 1.44 bits per heavy atom. The lowest BCUT2D eigenvalue weighted by atomic mass is 10.2. The van der Waals surface area contributed by atoms with Crippen molar-refractivity contribution < 1.29 is 4.79 Å². The quantitative estimate of drug-likeness (QED) is 0.794. The Hall–Kier alpha value is -1.29. The standard InChI is InChI=1S/C12H17N3O/c16-12(14-9-5-6-13-8-9)11-2-1-7-15(11)10-3-4-10/h1-2,7,9-10,13H,3-6,8H2,(H,14,16). The summed E-state index contributed by atoms with van der Waals surface area (Å²) in [7, 11) is 0. The van der Waals surface area contributed by atoms with E-state index >= 15 is 0 Å². The lowest BCUT2D eigenvalue weighted by Crippen LogP contribution is -2.37. The fraction of sp³-hybridized carbons (Fsp3) is 0.583. The molecule has 2 heterocycles. The van der Waals surface area contributed by atoms with Crippen LogP contribution in [0.15, 0.2) is 18.3 Å². The van der Waals surface area contributed by atoms with Crippen molar-refractivity contribution in [3.8, 4) is 0 Å². The van der Waals surface area contributed by atoms with Crippen molar-refractivity contribution in [1.29, 1.82) is 0 Å². The van der Waals surface area contributed by atoms with E-state index < -0.39 is 0 Å². The Kier molecular flexibility index (Phi) is 2.44. The highest BCUT2D eigenvalue weighted by molar-refractivity contribution is 5.93. The zero-order chi connectivity index (χ0) is 11.0. The number of nitrogens with one attached hydrogen (secondary N) is 2. The summed E-state index contributed by atoms with van der Waals surface area (Å²) >= 11 is 0. The van der Waals surface area contributed by atoms with Crippen molar-refractivity contribution >= 4 is 5.91 Å². The van der Waals surface area contributed by atoms with E-state index in [0.717, 1.165) is 25.2 Å². The van der Waals surface area contributed by atoms with Gasteiger partial charge in [0.15, 0.2) is 0 Å². The van der Waals surface area contributed by atoms with Gasteiger partial charge >= 0.3 is 0 Å². The van der Waals surface area contributed by atoms with Crippen LogP contribution in [-0.4, -0.2) is 29.6 Å². The molecule has 1 saturated heterocycles. The highest BCUT2D eigenvalue weighted by Crippen LogP contribution is 2.35. The van der Waals surface area contributed by atoms with Gasteiger partial charge in [0.2, 0.25) is 0 Å². The summed E-state index contributed by atoms with van der Waals surface area (Å²) in [5, 5.41) is 6.33. The first-order chi connectivity index (χ1) is 7.84. The summed E-state index contributed by atoms with van der Waals surface area (Å²) in [5.41, 5.74) is 0.814. The molecule has 1 aliphatic carbocycles. The molecule has 1 aliphatic heterocycles. The molecular weight excluding hydrogens is 202 g/mol. The van der Waals surface area contributed by atoms with Crippen molar-refractivity contribution in [2.24, 2.45) is 0 Å². The van der Waals surface area contributed by atoms with E-state index in [1.165, 1.54) is 12.8 Å². The van der Waals surface area contributed by atoms with Crippen LogP contribution >= 0.6 is 0 Å². The summed E-state index contributed by atoms with van der Waals surface area (Å²) in [4.78, 5) is 12.1. The van der Waals surface area contributed by atoms with Crippen molar-refractivity contribution in [3.05, 3.63) is 24.0 Å². The third kappa shape index (κ3) is 1.85. The van der Waals surface area contributed by atoms with Crippen molar-refractivity contribution in [2.75, 3.05) is 13.1 Å². The monoisotopic (exact) mass is 219 g/mol. The maximum Gasteiger partial charge on any atom is 0.268 e. The van der Waals surface area contributed by atoms with E-state index in [0.29, 0.717) is 12.1 Å². The van der Waals surface area contributed by atoms with Gasteiger partial charge in [-0.3, -0.25) is 4.79 Å². The molecule has 1 unspecified atom stereocenters. The van der Waals surface area contributed by atoms with Gasteiger partial charge < -0.3 is 15.2 Å². The summed E-state index contributed by atoms with van der Waals surface area (Å²) in [5.74, 6) is 0.0746. The van der Waals surface area contributed by atoms with Gasteiger partial charge in [0.1, 0.15) is 5.69 Å². The summed E-state index contributed by atoms with van der Waals surface area (Å²) in [6.07, 6.45) is 5.47. The van der Waals surface area contributed by atoms with Crippen molar-refractivity contribution in [1.82, 2.24) is 15.2 Å². The number of aromatic nitrogens is 1. The van der Waals surface area contributed by atoms with Crippen LogP contribution in [0.4, 0.5) is 0 Å². The van der Waals surface area contributed by atoms with Gasteiger partial charge in [0.05, 0.1) is 0 Å². The van der Waals surface area contributed by atoms with Gasteiger partial charge in [0.25, 0.3) is 5.91 Å². The number of hydrogen-bond acceptors (Lipinski definition) is 2. The molecule has 0 bridgehead atoms.